The summed E-state index contributed by atoms with van der Waals surface area (Å²) in [6.45, 7) is 3.30. The summed E-state index contributed by atoms with van der Waals surface area (Å²) < 4.78 is 0. The number of hydrogen-bond acceptors (Lipinski definition) is 9. The molecule has 0 bridgehead atoms. The summed E-state index contributed by atoms with van der Waals surface area (Å²) in [4.78, 5) is 24.4. The number of nitrogens with one attached hydrogen (secondary N) is 2. The first kappa shape index (κ1) is 26.3. The summed E-state index contributed by atoms with van der Waals surface area (Å²) >= 11 is 1.14. The van der Waals surface area contributed by atoms with Crippen LogP contribution in [0.15, 0.2) is 58.7 Å². The molecule has 0 aromatic heterocycles. The molecule has 0 spiro atoms. The third kappa shape index (κ3) is 8.83. The standard InChI is InChI=1S/C20H24B2N4O6S/c1-13(19(27)25-23-11-15-3-7-17(8-4-15)21(29)30)33-14(2)20(28)26-24-12-16-5-9-18(10-6-16)22(31)32/h3-14,29-32H,1-2H3,(H,25,27)(H,26,28)/b23-11+,24-12?. The Bertz CT molecular complexity index is 908. The molecule has 2 aromatic carbocycles. The molecule has 6 N–H and O–H groups in total. The maximum Gasteiger partial charge on any atom is 0.488 e. The number of nitrogens with zero attached hydrogens (tertiary/aromatic N) is 2. The highest BCUT2D eigenvalue weighted by Crippen LogP contribution is 2.17. The van der Waals surface area contributed by atoms with Crippen LogP contribution in [0, 0.1) is 0 Å². The van der Waals surface area contributed by atoms with Crippen molar-refractivity contribution in [2.45, 2.75) is 24.3 Å². The van der Waals surface area contributed by atoms with Gasteiger partial charge in [0.2, 0.25) is 0 Å². The summed E-state index contributed by atoms with van der Waals surface area (Å²) in [6, 6.07) is 12.6. The Balaban J connectivity index is 1.77. The van der Waals surface area contributed by atoms with Crippen molar-refractivity contribution in [2.75, 3.05) is 0 Å². The van der Waals surface area contributed by atoms with E-state index in [0.29, 0.717) is 22.1 Å². The van der Waals surface area contributed by atoms with Crippen molar-refractivity contribution in [2.24, 2.45) is 10.2 Å². The van der Waals surface area contributed by atoms with Gasteiger partial charge in [-0.25, -0.2) is 10.9 Å². The van der Waals surface area contributed by atoms with Crippen molar-refractivity contribution in [3.8, 4) is 0 Å². The van der Waals surface area contributed by atoms with E-state index in [4.69, 9.17) is 20.1 Å². The van der Waals surface area contributed by atoms with Gasteiger partial charge in [-0.3, -0.25) is 9.59 Å². The molecule has 10 nitrogen and oxygen atoms in total. The van der Waals surface area contributed by atoms with E-state index in [1.165, 1.54) is 36.7 Å². The van der Waals surface area contributed by atoms with E-state index in [1.807, 2.05) is 0 Å². The van der Waals surface area contributed by atoms with Crippen LogP contribution in [-0.4, -0.2) is 69.1 Å². The Morgan fingerprint density at radius 1 is 0.758 bits per heavy atom. The molecule has 13 heteroatoms. The van der Waals surface area contributed by atoms with E-state index in [2.05, 4.69) is 21.1 Å². The molecule has 172 valence electrons. The van der Waals surface area contributed by atoms with E-state index in [0.717, 1.165) is 11.8 Å². The lowest BCUT2D eigenvalue weighted by atomic mass is 9.80. The van der Waals surface area contributed by atoms with Crippen molar-refractivity contribution in [3.63, 3.8) is 0 Å². The number of rotatable bonds is 10. The molecule has 0 radical (unpaired) electrons. The molecule has 0 aliphatic rings. The molecule has 0 heterocycles. The highest BCUT2D eigenvalue weighted by atomic mass is 32.2. The average Bonchev–Trinajstić information content (AvgIpc) is 2.79. The van der Waals surface area contributed by atoms with Gasteiger partial charge in [0.25, 0.3) is 11.8 Å². The van der Waals surface area contributed by atoms with Gasteiger partial charge in [-0.05, 0) is 35.9 Å². The fourth-order valence-corrected chi connectivity index (χ4v) is 3.43. The number of thioether (sulfide) groups is 1. The van der Waals surface area contributed by atoms with Crippen molar-refractivity contribution in [3.05, 3.63) is 59.7 Å². The third-order valence-corrected chi connectivity index (χ3v) is 5.64. The predicted octanol–water partition coefficient (Wildman–Crippen LogP) is -1.84. The lowest BCUT2D eigenvalue weighted by molar-refractivity contribution is -0.120. The van der Waals surface area contributed by atoms with Crippen LogP contribution in [0.5, 0.6) is 0 Å². The number of hydrazone groups is 2. The first-order valence-corrected chi connectivity index (χ1v) is 10.8. The quantitative estimate of drug-likeness (QED) is 0.135. The Kier molecular flexibility index (Phi) is 10.3. The maximum atomic E-state index is 12.2. The lowest BCUT2D eigenvalue weighted by Crippen LogP contribution is -2.33. The minimum atomic E-state index is -1.55. The second-order valence-corrected chi connectivity index (χ2v) is 8.66. The van der Waals surface area contributed by atoms with Gasteiger partial charge in [0.05, 0.1) is 22.9 Å². The Labute approximate surface area is 196 Å². The van der Waals surface area contributed by atoms with E-state index >= 15 is 0 Å². The molecule has 33 heavy (non-hydrogen) atoms. The van der Waals surface area contributed by atoms with Gasteiger partial charge in [0.1, 0.15) is 0 Å². The zero-order chi connectivity index (χ0) is 24.4. The normalized spacial score (nSPS) is 13.0. The summed E-state index contributed by atoms with van der Waals surface area (Å²) in [5.74, 6) is -0.763. The van der Waals surface area contributed by atoms with E-state index in [9.17, 15) is 9.59 Å². The fraction of sp³-hybridized carbons (Fsp3) is 0.200. The lowest BCUT2D eigenvalue weighted by Gasteiger charge is -2.14. The van der Waals surface area contributed by atoms with Gasteiger partial charge < -0.3 is 20.1 Å². The molecule has 2 rings (SSSR count). The minimum absolute atomic E-state index is 0.345. The molecule has 2 amide bonds. The van der Waals surface area contributed by atoms with Crippen molar-refractivity contribution in [1.29, 1.82) is 0 Å². The first-order valence-electron chi connectivity index (χ1n) is 9.91. The molecule has 2 atom stereocenters. The zero-order valence-corrected chi connectivity index (χ0v) is 18.8. The Hall–Kier alpha value is -2.96. The molecular formula is C20H24B2N4O6S. The second-order valence-electron chi connectivity index (χ2n) is 6.97. The smallest absolute Gasteiger partial charge is 0.423 e. The second kappa shape index (κ2) is 12.9. The fourth-order valence-electron chi connectivity index (χ4n) is 2.46. The number of carbonyl (C=O) groups is 2. The monoisotopic (exact) mass is 470 g/mol. The number of amides is 2. The number of hydrogen-bond donors (Lipinski definition) is 6. The van der Waals surface area contributed by atoms with Crippen LogP contribution in [0.1, 0.15) is 25.0 Å². The van der Waals surface area contributed by atoms with Crippen LogP contribution >= 0.6 is 11.8 Å². The topological polar surface area (TPSA) is 164 Å². The van der Waals surface area contributed by atoms with Crippen LogP contribution in [-0.2, 0) is 9.59 Å². The van der Waals surface area contributed by atoms with Crippen LogP contribution < -0.4 is 21.8 Å². The van der Waals surface area contributed by atoms with Crippen LogP contribution in [0.4, 0.5) is 0 Å². The van der Waals surface area contributed by atoms with Gasteiger partial charge in [-0.1, -0.05) is 48.5 Å². The molecule has 0 aliphatic carbocycles. The van der Waals surface area contributed by atoms with Crippen molar-refractivity contribution < 1.29 is 29.7 Å². The summed E-state index contributed by atoms with van der Waals surface area (Å²) in [5, 5.41) is 42.9. The van der Waals surface area contributed by atoms with Crippen LogP contribution in [0.3, 0.4) is 0 Å². The molecule has 0 saturated carbocycles. The van der Waals surface area contributed by atoms with E-state index in [1.54, 1.807) is 38.1 Å². The van der Waals surface area contributed by atoms with E-state index in [-0.39, 0.29) is 11.8 Å². The molecule has 0 saturated heterocycles. The summed E-state index contributed by atoms with van der Waals surface area (Å²) in [7, 11) is -3.10. The number of carbonyl (C=O) groups excluding carboxylic acids is 2. The Morgan fingerprint density at radius 3 is 1.39 bits per heavy atom. The van der Waals surface area contributed by atoms with Crippen LogP contribution in [0.2, 0.25) is 0 Å². The van der Waals surface area contributed by atoms with Gasteiger partial charge in [0.15, 0.2) is 0 Å². The highest BCUT2D eigenvalue weighted by molar-refractivity contribution is 8.01. The molecule has 2 aromatic rings. The van der Waals surface area contributed by atoms with Gasteiger partial charge in [-0.15, -0.1) is 11.8 Å². The highest BCUT2D eigenvalue weighted by Gasteiger charge is 2.21. The predicted molar refractivity (Wildman–Crippen MR) is 131 cm³/mol. The zero-order valence-electron chi connectivity index (χ0n) is 18.0. The van der Waals surface area contributed by atoms with Crippen LogP contribution in [0.25, 0.3) is 0 Å². The molecule has 0 aliphatic heterocycles. The largest absolute Gasteiger partial charge is 0.488 e. The maximum absolute atomic E-state index is 12.2. The summed E-state index contributed by atoms with van der Waals surface area (Å²) in [5.41, 5.74) is 6.82. The molecule has 0 fully saturated rings. The van der Waals surface area contributed by atoms with Gasteiger partial charge >= 0.3 is 14.2 Å². The third-order valence-electron chi connectivity index (χ3n) is 4.39. The van der Waals surface area contributed by atoms with Gasteiger partial charge in [-0.2, -0.15) is 10.2 Å². The van der Waals surface area contributed by atoms with E-state index < -0.39 is 24.7 Å². The molecule has 2 unspecified atom stereocenters. The van der Waals surface area contributed by atoms with Gasteiger partial charge in [0, 0.05) is 0 Å². The van der Waals surface area contributed by atoms with Crippen molar-refractivity contribution >= 4 is 61.2 Å². The minimum Gasteiger partial charge on any atom is -0.423 e. The summed E-state index contributed by atoms with van der Waals surface area (Å²) in [6.07, 6.45) is 2.84. The SMILES string of the molecule is CC(SC(C)C(=O)N/N=C/c1ccc(B(O)O)cc1)C(=O)NN=Cc1ccc(B(O)O)cc1. The average molecular weight is 470 g/mol. The van der Waals surface area contributed by atoms with Crippen molar-refractivity contribution in [1.82, 2.24) is 10.9 Å². The first-order chi connectivity index (χ1) is 15.7. The Morgan fingerprint density at radius 2 is 1.09 bits per heavy atom. The molecular weight excluding hydrogens is 446 g/mol. The number of benzene rings is 2.